The van der Waals surface area contributed by atoms with Crippen molar-refractivity contribution in [2.75, 3.05) is 25.2 Å². The highest BCUT2D eigenvalue weighted by molar-refractivity contribution is 7.90. The molecule has 0 amide bonds. The molecule has 0 spiro atoms. The van der Waals surface area contributed by atoms with Gasteiger partial charge in [0.1, 0.15) is 39.8 Å². The Balaban J connectivity index is 1.23. The van der Waals surface area contributed by atoms with Crippen LogP contribution in [0.25, 0.3) is 27.6 Å². The summed E-state index contributed by atoms with van der Waals surface area (Å²) in [6, 6.07) is 14.1. The number of benzene rings is 2. The van der Waals surface area contributed by atoms with Crippen molar-refractivity contribution in [3.8, 4) is 23.1 Å². The van der Waals surface area contributed by atoms with Gasteiger partial charge in [-0.05, 0) is 54.0 Å². The zero-order chi connectivity index (χ0) is 27.3. The first-order chi connectivity index (χ1) is 18.7. The van der Waals surface area contributed by atoms with Gasteiger partial charge in [0.2, 0.25) is 5.88 Å². The number of aromatic amines is 1. The fourth-order valence-electron chi connectivity index (χ4n) is 5.90. The molecule has 204 valence electrons. The summed E-state index contributed by atoms with van der Waals surface area (Å²) in [4.78, 5) is 3.17. The van der Waals surface area contributed by atoms with Gasteiger partial charge >= 0.3 is 0 Å². The van der Waals surface area contributed by atoms with Gasteiger partial charge in [0, 0.05) is 17.2 Å². The highest BCUT2D eigenvalue weighted by Gasteiger charge is 2.48. The van der Waals surface area contributed by atoms with Crippen LogP contribution in [-0.4, -0.2) is 68.1 Å². The first kappa shape index (κ1) is 26.4. The summed E-state index contributed by atoms with van der Waals surface area (Å²) in [6.45, 7) is 0.464. The third kappa shape index (κ3) is 5.20. The second kappa shape index (κ2) is 10.3. The Kier molecular flexibility index (Phi) is 6.94. The fraction of sp³-hybridized carbons (Fsp3) is 0.414. The van der Waals surface area contributed by atoms with Crippen molar-refractivity contribution >= 4 is 37.9 Å². The maximum absolute atomic E-state index is 11.6. The minimum absolute atomic E-state index is 0.179. The van der Waals surface area contributed by atoms with Crippen LogP contribution in [0.5, 0.6) is 5.88 Å². The number of rotatable bonds is 6. The summed E-state index contributed by atoms with van der Waals surface area (Å²) < 4.78 is 40.7. The van der Waals surface area contributed by atoms with Crippen LogP contribution in [0.4, 0.5) is 0 Å². The minimum Gasteiger partial charge on any atom is -0.469 e. The Morgan fingerprint density at radius 1 is 1.15 bits per heavy atom. The zero-order valence-corrected chi connectivity index (χ0v) is 23.0. The van der Waals surface area contributed by atoms with E-state index >= 15 is 0 Å². The number of ether oxygens (including phenoxy) is 3. The SMILES string of the molecule is CS(=O)(=O)CC1CC=C(c2ccc(-c3cc4c(C#N)c(O[C@@H]5CO[C@H]6[C@@H]5OC[C@H]6O)[nH]c4cc3Cl)cc2)CC1. The van der Waals surface area contributed by atoms with Gasteiger partial charge in [0.25, 0.3) is 0 Å². The Morgan fingerprint density at radius 3 is 2.59 bits per heavy atom. The number of allylic oxidation sites excluding steroid dienone is 2. The normalized spacial score (nSPS) is 26.8. The Labute approximate surface area is 232 Å². The number of nitrogens with zero attached hydrogens (tertiary/aromatic N) is 1. The van der Waals surface area contributed by atoms with Crippen LogP contribution in [0.2, 0.25) is 5.02 Å². The third-order valence-corrected chi connectivity index (χ3v) is 9.23. The molecule has 6 rings (SSSR count). The number of aromatic nitrogens is 1. The number of aliphatic hydroxyl groups is 1. The molecule has 2 saturated heterocycles. The van der Waals surface area contributed by atoms with Gasteiger partial charge in [0.15, 0.2) is 6.10 Å². The molecular weight excluding hydrogens is 540 g/mol. The van der Waals surface area contributed by atoms with Gasteiger partial charge in [-0.15, -0.1) is 0 Å². The van der Waals surface area contributed by atoms with Crippen LogP contribution in [0, 0.1) is 17.2 Å². The van der Waals surface area contributed by atoms with E-state index in [1.165, 1.54) is 11.8 Å². The van der Waals surface area contributed by atoms with Crippen LogP contribution in [0.15, 0.2) is 42.5 Å². The molecule has 2 aromatic carbocycles. The molecule has 1 aromatic heterocycles. The lowest BCUT2D eigenvalue weighted by Gasteiger charge is -2.21. The second-order valence-corrected chi connectivity index (χ2v) is 13.3. The Morgan fingerprint density at radius 2 is 1.90 bits per heavy atom. The lowest BCUT2D eigenvalue weighted by molar-refractivity contribution is 0.00789. The average Bonchev–Trinajstić information content (AvgIpc) is 3.58. The summed E-state index contributed by atoms with van der Waals surface area (Å²) >= 11 is 6.69. The number of nitrogens with one attached hydrogen (secondary N) is 1. The molecular formula is C29H29ClN2O6S. The Hall–Kier alpha value is -2.87. The van der Waals surface area contributed by atoms with E-state index < -0.39 is 28.1 Å². The number of fused-ring (bicyclic) bond motifs is 2. The number of hydrogen-bond acceptors (Lipinski definition) is 7. The minimum atomic E-state index is -2.97. The van der Waals surface area contributed by atoms with E-state index in [0.29, 0.717) is 27.4 Å². The van der Waals surface area contributed by atoms with E-state index in [4.69, 9.17) is 25.8 Å². The van der Waals surface area contributed by atoms with Crippen molar-refractivity contribution in [2.24, 2.45) is 5.92 Å². The van der Waals surface area contributed by atoms with E-state index in [-0.39, 0.29) is 31.0 Å². The van der Waals surface area contributed by atoms with Crippen molar-refractivity contribution in [3.05, 3.63) is 58.6 Å². The lowest BCUT2D eigenvalue weighted by atomic mass is 9.87. The first-order valence-electron chi connectivity index (χ1n) is 13.0. The molecule has 10 heteroatoms. The van der Waals surface area contributed by atoms with Gasteiger partial charge in [-0.2, -0.15) is 5.26 Å². The van der Waals surface area contributed by atoms with Gasteiger partial charge in [-0.3, -0.25) is 0 Å². The summed E-state index contributed by atoms with van der Waals surface area (Å²) in [5.41, 5.74) is 5.12. The number of aliphatic hydroxyl groups excluding tert-OH is 1. The molecule has 3 heterocycles. The van der Waals surface area contributed by atoms with Crippen molar-refractivity contribution < 1.29 is 27.7 Å². The molecule has 39 heavy (non-hydrogen) atoms. The summed E-state index contributed by atoms with van der Waals surface area (Å²) in [5, 5.41) is 21.2. The largest absolute Gasteiger partial charge is 0.469 e. The molecule has 0 bridgehead atoms. The highest BCUT2D eigenvalue weighted by atomic mass is 35.5. The highest BCUT2D eigenvalue weighted by Crippen LogP contribution is 2.39. The van der Waals surface area contributed by atoms with Gasteiger partial charge < -0.3 is 24.3 Å². The van der Waals surface area contributed by atoms with Gasteiger partial charge in [-0.25, -0.2) is 8.42 Å². The van der Waals surface area contributed by atoms with E-state index in [9.17, 15) is 18.8 Å². The number of nitriles is 1. The zero-order valence-electron chi connectivity index (χ0n) is 21.4. The molecule has 5 atom stereocenters. The van der Waals surface area contributed by atoms with Crippen LogP contribution in [-0.2, 0) is 19.3 Å². The van der Waals surface area contributed by atoms with E-state index in [2.05, 4.69) is 29.3 Å². The number of sulfone groups is 1. The molecule has 0 saturated carbocycles. The number of hydrogen-bond donors (Lipinski definition) is 2. The first-order valence-corrected chi connectivity index (χ1v) is 15.4. The molecule has 2 aliphatic heterocycles. The molecule has 0 radical (unpaired) electrons. The predicted molar refractivity (Wildman–Crippen MR) is 148 cm³/mol. The van der Waals surface area contributed by atoms with E-state index in [0.717, 1.165) is 36.0 Å². The summed E-state index contributed by atoms with van der Waals surface area (Å²) in [6.07, 6.45) is 4.00. The fourth-order valence-corrected chi connectivity index (χ4v) is 7.33. The standard InChI is InChI=1S/C29H29ClN2O6S/c1-39(34,35)15-16-2-4-17(5-3-16)18-6-8-19(9-7-18)20-10-21-22(12-31)29(32-24(21)11-23(20)30)38-26-14-37-27-25(33)13-36-28(26)27/h4,6-11,16,25-28,32-33H,2-3,5,13-15H2,1H3/t16?,25-,26-,27-,28-/m1/s1. The molecule has 3 aliphatic rings. The summed E-state index contributed by atoms with van der Waals surface area (Å²) in [5.74, 6) is 0.742. The average molecular weight is 569 g/mol. The molecule has 1 aliphatic carbocycles. The Bertz CT molecular complexity index is 1590. The van der Waals surface area contributed by atoms with Gasteiger partial charge in [-0.1, -0.05) is 41.9 Å². The topological polar surface area (TPSA) is 122 Å². The van der Waals surface area contributed by atoms with E-state index in [1.807, 2.05) is 18.2 Å². The second-order valence-electron chi connectivity index (χ2n) is 10.7. The van der Waals surface area contributed by atoms with Crippen molar-refractivity contribution in [2.45, 2.75) is 43.7 Å². The lowest BCUT2D eigenvalue weighted by Crippen LogP contribution is -2.34. The van der Waals surface area contributed by atoms with Crippen molar-refractivity contribution in [1.29, 1.82) is 5.26 Å². The summed E-state index contributed by atoms with van der Waals surface area (Å²) in [7, 11) is -2.97. The molecule has 1 unspecified atom stereocenters. The maximum Gasteiger partial charge on any atom is 0.210 e. The monoisotopic (exact) mass is 568 g/mol. The molecule has 8 nitrogen and oxygen atoms in total. The quantitative estimate of drug-likeness (QED) is 0.449. The van der Waals surface area contributed by atoms with Crippen molar-refractivity contribution in [1.82, 2.24) is 4.98 Å². The van der Waals surface area contributed by atoms with Gasteiger partial charge in [0.05, 0.1) is 29.5 Å². The molecule has 2 fully saturated rings. The van der Waals surface area contributed by atoms with Crippen molar-refractivity contribution in [3.63, 3.8) is 0 Å². The smallest absolute Gasteiger partial charge is 0.210 e. The van der Waals surface area contributed by atoms with E-state index in [1.54, 1.807) is 6.07 Å². The number of halogens is 1. The van der Waals surface area contributed by atoms with Crippen LogP contribution < -0.4 is 4.74 Å². The number of H-pyrrole nitrogens is 1. The van der Waals surface area contributed by atoms with Crippen LogP contribution in [0.3, 0.4) is 0 Å². The third-order valence-electron chi connectivity index (χ3n) is 7.84. The van der Waals surface area contributed by atoms with Crippen LogP contribution >= 0.6 is 11.6 Å². The van der Waals surface area contributed by atoms with Crippen LogP contribution in [0.1, 0.15) is 30.4 Å². The molecule has 3 aromatic rings. The maximum atomic E-state index is 11.6. The predicted octanol–water partition coefficient (Wildman–Crippen LogP) is 4.49. The molecule has 2 N–H and O–H groups in total.